The molecule has 2 aromatic carbocycles. The number of benzene rings is 2. The zero-order chi connectivity index (χ0) is 34.7. The highest BCUT2D eigenvalue weighted by Crippen LogP contribution is 2.53. The molecule has 3 heterocycles. The summed E-state index contributed by atoms with van der Waals surface area (Å²) in [5.41, 5.74) is 1.49. The summed E-state index contributed by atoms with van der Waals surface area (Å²) < 4.78 is 49.0. The third kappa shape index (κ3) is 7.46. The second-order valence-electron chi connectivity index (χ2n) is 14.7. The molecular formula is C38H48F3N5O3. The predicted octanol–water partition coefficient (Wildman–Crippen LogP) is 5.19. The fourth-order valence-corrected chi connectivity index (χ4v) is 9.29. The Morgan fingerprint density at radius 2 is 1.80 bits per heavy atom. The lowest BCUT2D eigenvalue weighted by Crippen LogP contribution is -2.56. The maximum atomic E-state index is 15.7. The summed E-state index contributed by atoms with van der Waals surface area (Å²) in [5.74, 6) is -0.355. The highest BCUT2D eigenvalue weighted by Gasteiger charge is 2.52. The number of methoxy groups -OCH3 is 1. The number of amides is 1. The third-order valence-electron chi connectivity index (χ3n) is 11.7. The molecule has 0 unspecified atom stereocenters. The van der Waals surface area contributed by atoms with Crippen LogP contribution in [0.3, 0.4) is 0 Å². The van der Waals surface area contributed by atoms with Crippen molar-refractivity contribution in [2.45, 2.75) is 63.6 Å². The Morgan fingerprint density at radius 3 is 2.45 bits per heavy atom. The lowest BCUT2D eigenvalue weighted by atomic mass is 9.57. The number of carbonyl (C=O) groups excluding carboxylic acids is 2. The molecule has 4 fully saturated rings. The van der Waals surface area contributed by atoms with Crippen molar-refractivity contribution >= 4 is 17.6 Å². The molecule has 1 N–H and O–H groups in total. The van der Waals surface area contributed by atoms with E-state index in [-0.39, 0.29) is 60.9 Å². The van der Waals surface area contributed by atoms with Gasteiger partial charge >= 0.3 is 5.97 Å². The molecular weight excluding hydrogens is 631 g/mol. The Morgan fingerprint density at radius 1 is 1.04 bits per heavy atom. The maximum absolute atomic E-state index is 15.7. The SMILES string of the molecule is COC(=O)C[C@H]1CCC[C@@H]1[C@](CNC(C)=O)(c1cccc(F)c1)C1CCN(CC2CN(c3ccc(C#N)c(CN4CC(F)C4)c3F)C2)CC1. The molecule has 4 aliphatic rings. The van der Waals surface area contributed by atoms with Crippen LogP contribution in [-0.2, 0) is 26.3 Å². The Bertz CT molecular complexity index is 1550. The Hall–Kier alpha value is -3.62. The van der Waals surface area contributed by atoms with Gasteiger partial charge in [-0.15, -0.1) is 0 Å². The number of halogens is 3. The van der Waals surface area contributed by atoms with Gasteiger partial charge in [0.1, 0.15) is 12.0 Å². The number of esters is 1. The standard InChI is InChI=1S/C38H48F3N5O3/c1-25(47)43-24-38(30-6-4-7-31(39)16-30,34-8-3-5-27(34)15-36(48)49-2)29-11-13-44(14-12-29)18-26-19-46(20-26)35-10-9-28(17-42)33(37(35)41)23-45-21-32(40)22-45/h4,6-7,9-10,16,26-27,29,32,34H,3,5,8,11-15,18-24H2,1-2H3,(H,43,47)/t27-,34+,38+/m1/s1. The third-order valence-corrected chi connectivity index (χ3v) is 11.7. The molecule has 0 bridgehead atoms. The van der Waals surface area contributed by atoms with Gasteiger partial charge < -0.3 is 19.9 Å². The van der Waals surface area contributed by atoms with E-state index in [9.17, 15) is 23.6 Å². The van der Waals surface area contributed by atoms with Crippen molar-refractivity contribution in [3.63, 3.8) is 0 Å². The molecule has 3 saturated heterocycles. The Balaban J connectivity index is 1.14. The van der Waals surface area contributed by atoms with Gasteiger partial charge in [0.25, 0.3) is 0 Å². The van der Waals surface area contributed by atoms with Crippen molar-refractivity contribution in [1.29, 1.82) is 5.26 Å². The summed E-state index contributed by atoms with van der Waals surface area (Å²) in [6.45, 7) is 6.69. The fourth-order valence-electron chi connectivity index (χ4n) is 9.29. The average molecular weight is 680 g/mol. The lowest BCUT2D eigenvalue weighted by molar-refractivity contribution is -0.142. The second-order valence-corrected chi connectivity index (χ2v) is 14.7. The van der Waals surface area contributed by atoms with E-state index < -0.39 is 11.6 Å². The van der Waals surface area contributed by atoms with Crippen LogP contribution in [-0.4, -0.2) is 87.3 Å². The van der Waals surface area contributed by atoms with E-state index >= 15 is 4.39 Å². The topological polar surface area (TPSA) is 88.9 Å². The first kappa shape index (κ1) is 35.2. The fraction of sp³-hybridized carbons (Fsp3) is 0.605. The average Bonchev–Trinajstić information content (AvgIpc) is 3.52. The molecule has 6 rings (SSSR count). The number of carbonyl (C=O) groups is 2. The van der Waals surface area contributed by atoms with E-state index in [0.29, 0.717) is 48.8 Å². The number of piperidine rings is 1. The second kappa shape index (κ2) is 15.1. The van der Waals surface area contributed by atoms with Crippen LogP contribution in [0.5, 0.6) is 0 Å². The first-order valence-electron chi connectivity index (χ1n) is 17.7. The van der Waals surface area contributed by atoms with Gasteiger partial charge in [-0.25, -0.2) is 13.2 Å². The van der Waals surface area contributed by atoms with Crippen LogP contribution in [0.15, 0.2) is 36.4 Å². The minimum absolute atomic E-state index is 0.0816. The minimum Gasteiger partial charge on any atom is -0.469 e. The van der Waals surface area contributed by atoms with Crippen molar-refractivity contribution < 1.29 is 27.5 Å². The van der Waals surface area contributed by atoms with Crippen LogP contribution in [0.25, 0.3) is 0 Å². The predicted molar refractivity (Wildman–Crippen MR) is 180 cm³/mol. The number of ether oxygens (including phenoxy) is 1. The molecule has 0 radical (unpaired) electrons. The van der Waals surface area contributed by atoms with Gasteiger partial charge in [-0.1, -0.05) is 18.6 Å². The summed E-state index contributed by atoms with van der Waals surface area (Å²) in [6.07, 6.45) is 3.93. The zero-order valence-electron chi connectivity index (χ0n) is 28.6. The van der Waals surface area contributed by atoms with Gasteiger partial charge in [0.15, 0.2) is 5.82 Å². The number of likely N-dealkylation sites (tertiary alicyclic amines) is 2. The molecule has 8 nitrogen and oxygen atoms in total. The van der Waals surface area contributed by atoms with Gasteiger partial charge in [-0.2, -0.15) is 5.26 Å². The van der Waals surface area contributed by atoms with Crippen LogP contribution >= 0.6 is 0 Å². The summed E-state index contributed by atoms with van der Waals surface area (Å²) in [4.78, 5) is 31.2. The summed E-state index contributed by atoms with van der Waals surface area (Å²) >= 11 is 0. The molecule has 1 aliphatic carbocycles. The number of nitrogens with zero attached hydrogens (tertiary/aromatic N) is 4. The molecule has 3 atom stereocenters. The number of anilines is 1. The summed E-state index contributed by atoms with van der Waals surface area (Å²) in [7, 11) is 1.41. The number of hydrogen-bond donors (Lipinski definition) is 1. The molecule has 49 heavy (non-hydrogen) atoms. The minimum atomic E-state index is -0.890. The van der Waals surface area contributed by atoms with Gasteiger partial charge in [-0.05, 0) is 86.4 Å². The number of nitriles is 1. The van der Waals surface area contributed by atoms with E-state index in [1.54, 1.807) is 24.3 Å². The quantitative estimate of drug-likeness (QED) is 0.309. The number of nitrogens with one attached hydrogen (secondary N) is 1. The van der Waals surface area contributed by atoms with Gasteiger partial charge in [-0.3, -0.25) is 14.5 Å². The molecule has 0 spiro atoms. The normalized spacial score (nSPS) is 23.7. The van der Waals surface area contributed by atoms with Crippen LogP contribution in [0, 0.1) is 46.6 Å². The summed E-state index contributed by atoms with van der Waals surface area (Å²) in [6, 6.07) is 12.3. The molecule has 2 aromatic rings. The van der Waals surface area contributed by atoms with E-state index in [2.05, 4.69) is 16.3 Å². The van der Waals surface area contributed by atoms with Gasteiger partial charge in [0.05, 0.1) is 24.4 Å². The number of alkyl halides is 1. The van der Waals surface area contributed by atoms with Crippen molar-refractivity contribution in [3.05, 3.63) is 64.7 Å². The maximum Gasteiger partial charge on any atom is 0.305 e. The van der Waals surface area contributed by atoms with Crippen LogP contribution in [0.4, 0.5) is 18.9 Å². The zero-order valence-corrected chi connectivity index (χ0v) is 28.6. The molecule has 264 valence electrons. The number of rotatable bonds is 12. The van der Waals surface area contributed by atoms with Crippen molar-refractivity contribution in [2.24, 2.45) is 23.7 Å². The Labute approximate surface area is 287 Å². The molecule has 1 saturated carbocycles. The van der Waals surface area contributed by atoms with E-state index in [1.165, 1.54) is 20.1 Å². The lowest BCUT2D eigenvalue weighted by Gasteiger charge is -2.51. The van der Waals surface area contributed by atoms with Crippen LogP contribution in [0.2, 0.25) is 0 Å². The smallest absolute Gasteiger partial charge is 0.305 e. The monoisotopic (exact) mass is 679 g/mol. The van der Waals surface area contributed by atoms with Crippen LogP contribution in [0.1, 0.15) is 62.1 Å². The molecule has 0 aromatic heterocycles. The van der Waals surface area contributed by atoms with E-state index in [0.717, 1.165) is 57.3 Å². The molecule has 3 aliphatic heterocycles. The molecule has 1 amide bonds. The van der Waals surface area contributed by atoms with E-state index in [1.807, 2.05) is 15.9 Å². The first-order valence-corrected chi connectivity index (χ1v) is 17.7. The highest BCUT2D eigenvalue weighted by molar-refractivity contribution is 5.73. The highest BCUT2D eigenvalue weighted by atomic mass is 19.1. The van der Waals surface area contributed by atoms with Gasteiger partial charge in [0, 0.05) is 76.1 Å². The van der Waals surface area contributed by atoms with Crippen LogP contribution < -0.4 is 10.2 Å². The summed E-state index contributed by atoms with van der Waals surface area (Å²) in [5, 5.41) is 12.7. The first-order chi connectivity index (χ1) is 23.6. The van der Waals surface area contributed by atoms with Gasteiger partial charge in [0.2, 0.25) is 5.91 Å². The largest absolute Gasteiger partial charge is 0.469 e. The van der Waals surface area contributed by atoms with Crippen molar-refractivity contribution in [2.75, 3.05) is 64.4 Å². The van der Waals surface area contributed by atoms with Crippen molar-refractivity contribution in [1.82, 2.24) is 15.1 Å². The molecule has 11 heteroatoms. The Kier molecular flexibility index (Phi) is 10.8. The number of hydrogen-bond acceptors (Lipinski definition) is 7. The van der Waals surface area contributed by atoms with E-state index in [4.69, 9.17) is 4.74 Å². The van der Waals surface area contributed by atoms with Crippen molar-refractivity contribution in [3.8, 4) is 6.07 Å².